The van der Waals surface area contributed by atoms with Gasteiger partial charge in [0, 0.05) is 18.6 Å². The number of carbonyl (C=O) groups is 3. The van der Waals surface area contributed by atoms with Crippen molar-refractivity contribution >= 4 is 30.5 Å². The minimum absolute atomic E-state index is 0.133. The molecule has 296 valence electrons. The molecule has 2 atom stereocenters. The number of rotatable bonds is 39. The Morgan fingerprint density at radius 2 is 0.760 bits per heavy atom. The second-order valence-electron chi connectivity index (χ2n) is 14.6. The molecule has 0 radical (unpaired) electrons. The van der Waals surface area contributed by atoms with Crippen LogP contribution in [0.2, 0.25) is 0 Å². The lowest BCUT2D eigenvalue weighted by Crippen LogP contribution is -2.37. The molecule has 0 heterocycles. The van der Waals surface area contributed by atoms with E-state index in [4.69, 9.17) is 19.9 Å². The Morgan fingerprint density at radius 1 is 0.460 bits per heavy atom. The van der Waals surface area contributed by atoms with E-state index in [0.29, 0.717) is 12.8 Å². The van der Waals surface area contributed by atoms with Crippen molar-refractivity contribution in [2.45, 2.75) is 231 Å². The van der Waals surface area contributed by atoms with Gasteiger partial charge in [0.15, 0.2) is 6.10 Å². The third-order valence-electron chi connectivity index (χ3n) is 9.61. The highest BCUT2D eigenvalue weighted by atomic mass is 32.1. The fraction of sp³-hybridized carbons (Fsp3) is 0.929. The Morgan fingerprint density at radius 3 is 1.10 bits per heavy atom. The molecule has 0 fully saturated rings. The van der Waals surface area contributed by atoms with Crippen LogP contribution in [-0.2, 0) is 28.6 Å². The summed E-state index contributed by atoms with van der Waals surface area (Å²) in [6.07, 6.45) is 37.8. The Kier molecular flexibility index (Phi) is 37.9. The second kappa shape index (κ2) is 38.9. The maximum Gasteiger partial charge on any atom is 0.323 e. The van der Waals surface area contributed by atoms with Gasteiger partial charge in [0.05, 0.1) is 0 Å². The monoisotopic (exact) mass is 728 g/mol. The predicted octanol–water partition coefficient (Wildman–Crippen LogP) is 11.8. The quantitative estimate of drug-likeness (QED) is 0.0281. The van der Waals surface area contributed by atoms with Gasteiger partial charge in [0.25, 0.3) is 0 Å². The Balaban J connectivity index is 4.03. The molecule has 0 unspecified atom stereocenters. The molecule has 0 aromatic carbocycles. The van der Waals surface area contributed by atoms with E-state index in [-0.39, 0.29) is 30.9 Å². The first-order valence-corrected chi connectivity index (χ1v) is 22.0. The molecule has 0 saturated heterocycles. The first-order chi connectivity index (χ1) is 24.4. The van der Waals surface area contributed by atoms with Gasteiger partial charge in [-0.1, -0.05) is 194 Å². The van der Waals surface area contributed by atoms with Crippen molar-refractivity contribution in [2.24, 2.45) is 5.73 Å². The number of esters is 3. The number of hydrogen-bond acceptors (Lipinski definition) is 8. The molecule has 0 aliphatic rings. The third-order valence-corrected chi connectivity index (χ3v) is 10.0. The van der Waals surface area contributed by atoms with Crippen molar-refractivity contribution in [1.29, 1.82) is 0 Å². The molecular weight excluding hydrogens is 647 g/mol. The Bertz CT molecular complexity index is 767. The van der Waals surface area contributed by atoms with Crippen molar-refractivity contribution in [3.8, 4) is 0 Å². The standard InChI is InChI=1S/C42H81NO6S/c1-3-5-7-9-11-13-15-17-19-21-23-25-27-29-31-33-40(44)47-35-38(36-48-42(46)39(43)37-50)49-41(45)34-32-30-28-26-24-22-20-18-16-14-12-10-8-6-4-2/h38-39,50H,3-37,43H2,1-2H3/t38-,39-/m0/s1. The highest BCUT2D eigenvalue weighted by Gasteiger charge is 2.21. The van der Waals surface area contributed by atoms with E-state index in [1.54, 1.807) is 0 Å². The van der Waals surface area contributed by atoms with Gasteiger partial charge in [0.1, 0.15) is 19.3 Å². The van der Waals surface area contributed by atoms with Crippen molar-refractivity contribution < 1.29 is 28.6 Å². The summed E-state index contributed by atoms with van der Waals surface area (Å²) < 4.78 is 16.2. The van der Waals surface area contributed by atoms with Crippen LogP contribution in [0.15, 0.2) is 0 Å². The molecule has 7 nitrogen and oxygen atoms in total. The molecule has 0 rings (SSSR count). The molecule has 0 aromatic heterocycles. The fourth-order valence-electron chi connectivity index (χ4n) is 6.26. The molecule has 0 amide bonds. The minimum atomic E-state index is -0.859. The van der Waals surface area contributed by atoms with Crippen molar-refractivity contribution in [1.82, 2.24) is 0 Å². The summed E-state index contributed by atoms with van der Waals surface area (Å²) in [4.78, 5) is 37.0. The number of unbranched alkanes of at least 4 members (excludes halogenated alkanes) is 28. The lowest BCUT2D eigenvalue weighted by Gasteiger charge is -2.19. The van der Waals surface area contributed by atoms with Gasteiger partial charge >= 0.3 is 17.9 Å². The maximum absolute atomic E-state index is 12.6. The predicted molar refractivity (Wildman–Crippen MR) is 213 cm³/mol. The van der Waals surface area contributed by atoms with Crippen LogP contribution in [0, 0.1) is 0 Å². The van der Waals surface area contributed by atoms with Crippen LogP contribution in [0.5, 0.6) is 0 Å². The Hall–Kier alpha value is -1.28. The maximum atomic E-state index is 12.6. The van der Waals surface area contributed by atoms with Crippen molar-refractivity contribution in [2.75, 3.05) is 19.0 Å². The molecule has 0 aliphatic heterocycles. The number of nitrogens with two attached hydrogens (primary N) is 1. The average Bonchev–Trinajstić information content (AvgIpc) is 3.12. The summed E-state index contributed by atoms with van der Waals surface area (Å²) in [5, 5.41) is 0. The van der Waals surface area contributed by atoms with E-state index in [2.05, 4.69) is 26.5 Å². The first-order valence-electron chi connectivity index (χ1n) is 21.3. The van der Waals surface area contributed by atoms with E-state index < -0.39 is 18.1 Å². The highest BCUT2D eigenvalue weighted by molar-refractivity contribution is 7.80. The van der Waals surface area contributed by atoms with E-state index in [1.807, 2.05) is 0 Å². The van der Waals surface area contributed by atoms with E-state index in [0.717, 1.165) is 38.5 Å². The lowest BCUT2D eigenvalue weighted by molar-refractivity contribution is -0.167. The van der Waals surface area contributed by atoms with Gasteiger partial charge in [0.2, 0.25) is 0 Å². The molecular formula is C42H81NO6S. The van der Waals surface area contributed by atoms with Crippen LogP contribution in [0.3, 0.4) is 0 Å². The van der Waals surface area contributed by atoms with Crippen LogP contribution >= 0.6 is 12.6 Å². The van der Waals surface area contributed by atoms with Crippen LogP contribution in [0.4, 0.5) is 0 Å². The zero-order valence-electron chi connectivity index (χ0n) is 32.9. The summed E-state index contributed by atoms with van der Waals surface area (Å²) in [7, 11) is 0. The second-order valence-corrected chi connectivity index (χ2v) is 15.0. The fourth-order valence-corrected chi connectivity index (χ4v) is 6.41. The number of hydrogen-bond donors (Lipinski definition) is 2. The molecule has 0 saturated carbocycles. The average molecular weight is 728 g/mol. The van der Waals surface area contributed by atoms with Gasteiger partial charge in [-0.25, -0.2) is 0 Å². The number of ether oxygens (including phenoxy) is 3. The first kappa shape index (κ1) is 48.7. The van der Waals surface area contributed by atoms with E-state index in [9.17, 15) is 14.4 Å². The summed E-state index contributed by atoms with van der Waals surface area (Å²) in [5.41, 5.74) is 5.70. The zero-order chi connectivity index (χ0) is 36.8. The molecule has 2 N–H and O–H groups in total. The molecule has 50 heavy (non-hydrogen) atoms. The van der Waals surface area contributed by atoms with Gasteiger partial charge in [-0.2, -0.15) is 12.6 Å². The minimum Gasteiger partial charge on any atom is -0.462 e. The summed E-state index contributed by atoms with van der Waals surface area (Å²) in [6.45, 7) is 4.20. The van der Waals surface area contributed by atoms with E-state index in [1.165, 1.54) is 154 Å². The highest BCUT2D eigenvalue weighted by Crippen LogP contribution is 2.16. The molecule has 8 heteroatoms. The molecule has 0 aromatic rings. The van der Waals surface area contributed by atoms with Crippen molar-refractivity contribution in [3.05, 3.63) is 0 Å². The van der Waals surface area contributed by atoms with Gasteiger partial charge in [-0.15, -0.1) is 0 Å². The molecule has 0 bridgehead atoms. The van der Waals surface area contributed by atoms with Crippen LogP contribution in [0.25, 0.3) is 0 Å². The molecule has 0 aliphatic carbocycles. The number of thiol groups is 1. The van der Waals surface area contributed by atoms with Gasteiger partial charge in [-0.05, 0) is 12.8 Å². The van der Waals surface area contributed by atoms with Gasteiger partial charge < -0.3 is 19.9 Å². The number of carbonyl (C=O) groups excluding carboxylic acids is 3. The van der Waals surface area contributed by atoms with Gasteiger partial charge in [-0.3, -0.25) is 14.4 Å². The lowest BCUT2D eigenvalue weighted by atomic mass is 10.0. The van der Waals surface area contributed by atoms with Crippen LogP contribution < -0.4 is 5.73 Å². The topological polar surface area (TPSA) is 105 Å². The smallest absolute Gasteiger partial charge is 0.323 e. The van der Waals surface area contributed by atoms with E-state index >= 15 is 0 Å². The third kappa shape index (κ3) is 35.1. The summed E-state index contributed by atoms with van der Waals surface area (Å²) in [6, 6.07) is -0.859. The Labute approximate surface area is 314 Å². The summed E-state index contributed by atoms with van der Waals surface area (Å²) in [5.74, 6) is -1.15. The zero-order valence-corrected chi connectivity index (χ0v) is 33.8. The van der Waals surface area contributed by atoms with Crippen LogP contribution in [0.1, 0.15) is 219 Å². The summed E-state index contributed by atoms with van der Waals surface area (Å²) >= 11 is 4.04. The largest absolute Gasteiger partial charge is 0.462 e. The van der Waals surface area contributed by atoms with Crippen molar-refractivity contribution in [3.63, 3.8) is 0 Å². The van der Waals surface area contributed by atoms with Crippen LogP contribution in [-0.4, -0.2) is 49.0 Å². The SMILES string of the molecule is CCCCCCCCCCCCCCCCCC(=O)OC[C@@H](COC(=O)[C@@H](N)CS)OC(=O)CCCCCCCCCCCCCCCCC. The molecule has 0 spiro atoms. The normalized spacial score (nSPS) is 12.5.